The Kier molecular flexibility index (Phi) is 4.63. The lowest BCUT2D eigenvalue weighted by Crippen LogP contribution is -2.27. The molecule has 0 unspecified atom stereocenters. The molecule has 0 fully saturated rings. The summed E-state index contributed by atoms with van der Waals surface area (Å²) < 4.78 is 14.9. The molecular weight excluding hydrogens is 347 g/mol. The summed E-state index contributed by atoms with van der Waals surface area (Å²) in [6.07, 6.45) is 1.26. The Morgan fingerprint density at radius 1 is 1.43 bits per heavy atom. The van der Waals surface area contributed by atoms with Crippen LogP contribution in [0.5, 0.6) is 0 Å². The van der Waals surface area contributed by atoms with Crippen LogP contribution in [0, 0.1) is 5.82 Å². The van der Waals surface area contributed by atoms with Gasteiger partial charge < -0.3 is 10.4 Å². The summed E-state index contributed by atoms with van der Waals surface area (Å²) in [5, 5.41) is 18.3. The fraction of sp³-hybridized carbons (Fsp3) is 0.167. The third-order valence-corrected chi connectivity index (χ3v) is 3.25. The number of benzene rings is 1. The number of halogens is 2. The Morgan fingerprint density at radius 2 is 2.19 bits per heavy atom. The van der Waals surface area contributed by atoms with Crippen molar-refractivity contribution in [2.75, 3.05) is 6.54 Å². The summed E-state index contributed by atoms with van der Waals surface area (Å²) in [4.78, 5) is 22.5. The van der Waals surface area contributed by atoms with Gasteiger partial charge in [-0.2, -0.15) is 0 Å². The van der Waals surface area contributed by atoms with Crippen molar-refractivity contribution in [2.24, 2.45) is 0 Å². The number of hydrogen-bond donors (Lipinski definition) is 2. The molecular formula is C12H10BrFN4O3. The van der Waals surface area contributed by atoms with Crippen LogP contribution in [0.4, 0.5) is 4.39 Å². The number of carboxylic acids is 1. The fourth-order valence-electron chi connectivity index (χ4n) is 1.56. The molecule has 0 aliphatic rings. The number of nitrogens with zero attached hydrogens (tertiary/aromatic N) is 3. The molecule has 21 heavy (non-hydrogen) atoms. The Hall–Kier alpha value is -2.29. The van der Waals surface area contributed by atoms with E-state index in [9.17, 15) is 14.0 Å². The van der Waals surface area contributed by atoms with Gasteiger partial charge in [0.15, 0.2) is 5.69 Å². The third-order valence-electron chi connectivity index (χ3n) is 2.56. The summed E-state index contributed by atoms with van der Waals surface area (Å²) >= 11 is 3.17. The first kappa shape index (κ1) is 15.1. The summed E-state index contributed by atoms with van der Waals surface area (Å²) in [7, 11) is 0. The third kappa shape index (κ3) is 3.85. The summed E-state index contributed by atoms with van der Waals surface area (Å²) in [6, 6.07) is 3.81. The highest BCUT2D eigenvalue weighted by atomic mass is 79.9. The van der Waals surface area contributed by atoms with Crippen molar-refractivity contribution in [3.05, 3.63) is 45.9 Å². The number of aromatic carboxylic acids is 1. The number of carbonyl (C=O) groups excluding carboxylic acids is 1. The molecule has 1 heterocycles. The molecule has 0 atom stereocenters. The second kappa shape index (κ2) is 6.44. The van der Waals surface area contributed by atoms with E-state index in [0.717, 1.165) is 6.07 Å². The molecule has 2 aromatic rings. The lowest BCUT2D eigenvalue weighted by molar-refractivity contribution is 0.0690. The molecule has 0 aliphatic carbocycles. The molecule has 0 saturated carbocycles. The van der Waals surface area contributed by atoms with Crippen LogP contribution in [-0.4, -0.2) is 38.5 Å². The largest absolute Gasteiger partial charge is 0.476 e. The van der Waals surface area contributed by atoms with E-state index in [-0.39, 0.29) is 24.3 Å². The molecule has 9 heteroatoms. The lowest BCUT2D eigenvalue weighted by atomic mass is 10.2. The van der Waals surface area contributed by atoms with E-state index in [4.69, 9.17) is 5.11 Å². The van der Waals surface area contributed by atoms with Crippen LogP contribution in [-0.2, 0) is 6.54 Å². The normalized spacial score (nSPS) is 10.4. The first-order valence-corrected chi connectivity index (χ1v) is 6.63. The highest BCUT2D eigenvalue weighted by molar-refractivity contribution is 9.10. The van der Waals surface area contributed by atoms with Crippen molar-refractivity contribution in [1.82, 2.24) is 20.3 Å². The van der Waals surface area contributed by atoms with E-state index >= 15 is 0 Å². The average Bonchev–Trinajstić information content (AvgIpc) is 2.90. The SMILES string of the molecule is O=C(O)c1cn(CCNC(=O)c2cc(F)ccc2Br)nn1. The number of aromatic nitrogens is 3. The number of carboxylic acid groups (broad SMARTS) is 1. The van der Waals surface area contributed by atoms with Crippen molar-refractivity contribution >= 4 is 27.8 Å². The Balaban J connectivity index is 1.92. The minimum absolute atomic E-state index is 0.172. The predicted octanol–water partition coefficient (Wildman–Crippen LogP) is 1.31. The molecule has 2 rings (SSSR count). The molecule has 1 aromatic heterocycles. The summed E-state index contributed by atoms with van der Waals surface area (Å²) in [5.74, 6) is -2.13. The zero-order valence-electron chi connectivity index (χ0n) is 10.6. The van der Waals surface area contributed by atoms with Gasteiger partial charge in [-0.05, 0) is 34.1 Å². The van der Waals surface area contributed by atoms with E-state index in [0.29, 0.717) is 4.47 Å². The van der Waals surface area contributed by atoms with Crippen LogP contribution in [0.1, 0.15) is 20.8 Å². The topological polar surface area (TPSA) is 97.1 Å². The van der Waals surface area contributed by atoms with Gasteiger partial charge in [0.05, 0.1) is 18.3 Å². The number of nitrogens with one attached hydrogen (secondary N) is 1. The fourth-order valence-corrected chi connectivity index (χ4v) is 1.98. The zero-order valence-corrected chi connectivity index (χ0v) is 12.2. The van der Waals surface area contributed by atoms with Crippen molar-refractivity contribution < 1.29 is 19.1 Å². The molecule has 2 N–H and O–H groups in total. The van der Waals surface area contributed by atoms with Gasteiger partial charge in [-0.15, -0.1) is 5.10 Å². The monoisotopic (exact) mass is 356 g/mol. The molecule has 0 bridgehead atoms. The lowest BCUT2D eigenvalue weighted by Gasteiger charge is -2.06. The van der Waals surface area contributed by atoms with Crippen LogP contribution in [0.25, 0.3) is 0 Å². The van der Waals surface area contributed by atoms with Gasteiger partial charge in [0.2, 0.25) is 0 Å². The van der Waals surface area contributed by atoms with Gasteiger partial charge in [0, 0.05) is 11.0 Å². The van der Waals surface area contributed by atoms with E-state index in [1.54, 1.807) is 0 Å². The molecule has 1 amide bonds. The van der Waals surface area contributed by atoms with Crippen LogP contribution in [0.3, 0.4) is 0 Å². The number of rotatable bonds is 5. The standard InChI is InChI=1S/C12H10BrFN4O3/c13-9-2-1-7(14)5-8(9)11(19)15-3-4-18-6-10(12(20)21)16-17-18/h1-2,5-6H,3-4H2,(H,15,19)(H,20,21). The van der Waals surface area contributed by atoms with Crippen molar-refractivity contribution in [2.45, 2.75) is 6.54 Å². The van der Waals surface area contributed by atoms with Crippen LogP contribution >= 0.6 is 15.9 Å². The van der Waals surface area contributed by atoms with Crippen molar-refractivity contribution in [3.63, 3.8) is 0 Å². The Labute approximate surface area is 126 Å². The van der Waals surface area contributed by atoms with E-state index in [2.05, 4.69) is 31.6 Å². The maximum atomic E-state index is 13.1. The minimum Gasteiger partial charge on any atom is -0.476 e. The minimum atomic E-state index is -1.17. The molecule has 0 aliphatic heterocycles. The summed E-state index contributed by atoms with van der Waals surface area (Å²) in [6.45, 7) is 0.448. The van der Waals surface area contributed by atoms with Gasteiger partial charge in [0.1, 0.15) is 5.82 Å². The van der Waals surface area contributed by atoms with Gasteiger partial charge in [0.25, 0.3) is 5.91 Å². The van der Waals surface area contributed by atoms with Crippen LogP contribution in [0.15, 0.2) is 28.9 Å². The maximum Gasteiger partial charge on any atom is 0.358 e. The number of hydrogen-bond acceptors (Lipinski definition) is 4. The Bertz CT molecular complexity index is 689. The van der Waals surface area contributed by atoms with Gasteiger partial charge in [-0.3, -0.25) is 4.79 Å². The molecule has 1 aromatic carbocycles. The maximum absolute atomic E-state index is 13.1. The van der Waals surface area contributed by atoms with Crippen molar-refractivity contribution in [1.29, 1.82) is 0 Å². The van der Waals surface area contributed by atoms with Crippen LogP contribution in [0.2, 0.25) is 0 Å². The first-order chi connectivity index (χ1) is 9.97. The van der Waals surface area contributed by atoms with Crippen LogP contribution < -0.4 is 5.32 Å². The van der Waals surface area contributed by atoms with E-state index < -0.39 is 17.7 Å². The summed E-state index contributed by atoms with van der Waals surface area (Å²) in [5.41, 5.74) is 0.00835. The van der Waals surface area contributed by atoms with E-state index in [1.165, 1.54) is 23.0 Å². The number of amides is 1. The highest BCUT2D eigenvalue weighted by Crippen LogP contribution is 2.17. The van der Waals surface area contributed by atoms with Gasteiger partial charge in [-0.25, -0.2) is 13.9 Å². The molecule has 0 spiro atoms. The molecule has 0 radical (unpaired) electrons. The van der Waals surface area contributed by atoms with E-state index in [1.807, 2.05) is 0 Å². The molecule has 7 nitrogen and oxygen atoms in total. The van der Waals surface area contributed by atoms with Gasteiger partial charge in [-0.1, -0.05) is 5.21 Å². The second-order valence-electron chi connectivity index (χ2n) is 4.05. The smallest absolute Gasteiger partial charge is 0.358 e. The zero-order chi connectivity index (χ0) is 15.4. The quantitative estimate of drug-likeness (QED) is 0.841. The molecule has 0 saturated heterocycles. The average molecular weight is 357 g/mol. The van der Waals surface area contributed by atoms with Gasteiger partial charge >= 0.3 is 5.97 Å². The first-order valence-electron chi connectivity index (χ1n) is 5.84. The number of carbonyl (C=O) groups is 2. The van der Waals surface area contributed by atoms with Crippen molar-refractivity contribution in [3.8, 4) is 0 Å². The second-order valence-corrected chi connectivity index (χ2v) is 4.91. The highest BCUT2D eigenvalue weighted by Gasteiger charge is 2.11. The molecule has 110 valence electrons. The Morgan fingerprint density at radius 3 is 2.86 bits per heavy atom. The predicted molar refractivity (Wildman–Crippen MR) is 73.4 cm³/mol.